The number of likely N-dealkylation sites (N-methyl/N-ethyl adjacent to an activating group) is 1. The Bertz CT molecular complexity index is 974. The summed E-state index contributed by atoms with van der Waals surface area (Å²) >= 11 is 1.30. The maximum Gasteiger partial charge on any atom is 0.291 e. The number of hydrogen-bond acceptors (Lipinski definition) is 7. The van der Waals surface area contributed by atoms with Gasteiger partial charge in [-0.05, 0) is 36.9 Å². The number of fused-ring (bicyclic) bond motifs is 1. The largest absolute Gasteiger partial charge is 0.371 e. The van der Waals surface area contributed by atoms with Crippen molar-refractivity contribution in [2.45, 2.75) is 32.2 Å². The summed E-state index contributed by atoms with van der Waals surface area (Å²) in [6, 6.07) is -0.720. The van der Waals surface area contributed by atoms with Gasteiger partial charge in [-0.25, -0.2) is 4.98 Å². The monoisotopic (exact) mass is 399 g/mol. The zero-order chi connectivity index (χ0) is 19.7. The van der Waals surface area contributed by atoms with E-state index in [2.05, 4.69) is 48.4 Å². The van der Waals surface area contributed by atoms with Crippen LogP contribution < -0.4 is 15.5 Å². The maximum atomic E-state index is 12.8. The second-order valence-corrected chi connectivity index (χ2v) is 7.56. The van der Waals surface area contributed by atoms with Gasteiger partial charge in [0.15, 0.2) is 0 Å². The van der Waals surface area contributed by atoms with Crippen molar-refractivity contribution in [2.24, 2.45) is 0 Å². The first-order valence-electron chi connectivity index (χ1n) is 9.08. The van der Waals surface area contributed by atoms with Gasteiger partial charge < -0.3 is 15.5 Å². The lowest BCUT2D eigenvalue weighted by molar-refractivity contribution is -0.119. The van der Waals surface area contributed by atoms with Gasteiger partial charge in [0, 0.05) is 20.0 Å². The SMILES string of the molecule is Cc1nsc2c1N(C)C(=O)[C@@H](NC(=O)c1n[nH]c(CC3=CCCC=C3)n1)CN2. The first-order valence-corrected chi connectivity index (χ1v) is 9.85. The number of carbonyl (C=O) groups is 2. The second-order valence-electron chi connectivity index (χ2n) is 6.79. The van der Waals surface area contributed by atoms with Gasteiger partial charge in [-0.1, -0.05) is 18.2 Å². The minimum absolute atomic E-state index is 0.0303. The van der Waals surface area contributed by atoms with Crippen molar-refractivity contribution < 1.29 is 9.59 Å². The van der Waals surface area contributed by atoms with Crippen LogP contribution in [0.2, 0.25) is 0 Å². The van der Waals surface area contributed by atoms with E-state index in [0.717, 1.165) is 34.8 Å². The van der Waals surface area contributed by atoms with Crippen LogP contribution in [0.25, 0.3) is 0 Å². The van der Waals surface area contributed by atoms with Gasteiger partial charge in [-0.15, -0.1) is 5.10 Å². The Balaban J connectivity index is 1.43. The Morgan fingerprint density at radius 2 is 2.29 bits per heavy atom. The minimum atomic E-state index is -0.720. The molecule has 4 rings (SSSR count). The highest BCUT2D eigenvalue weighted by molar-refractivity contribution is 7.11. The summed E-state index contributed by atoms with van der Waals surface area (Å²) in [5.74, 6) is -0.0440. The normalized spacial score (nSPS) is 18.9. The fraction of sp³-hybridized carbons (Fsp3) is 0.389. The lowest BCUT2D eigenvalue weighted by Gasteiger charge is -2.20. The fourth-order valence-electron chi connectivity index (χ4n) is 3.31. The molecule has 0 radical (unpaired) electrons. The van der Waals surface area contributed by atoms with Gasteiger partial charge in [0.05, 0.1) is 5.69 Å². The lowest BCUT2D eigenvalue weighted by Crippen LogP contribution is -2.49. The summed E-state index contributed by atoms with van der Waals surface area (Å²) in [7, 11) is 1.69. The third kappa shape index (κ3) is 3.55. The highest BCUT2D eigenvalue weighted by Crippen LogP contribution is 2.34. The van der Waals surface area contributed by atoms with Crippen LogP contribution in [0.1, 0.15) is 35.0 Å². The lowest BCUT2D eigenvalue weighted by atomic mass is 10.0. The predicted molar refractivity (Wildman–Crippen MR) is 107 cm³/mol. The van der Waals surface area contributed by atoms with Gasteiger partial charge in [0.2, 0.25) is 5.82 Å². The van der Waals surface area contributed by atoms with Crippen molar-refractivity contribution in [3.05, 3.63) is 41.1 Å². The van der Waals surface area contributed by atoms with Gasteiger partial charge in [0.1, 0.15) is 22.6 Å². The van der Waals surface area contributed by atoms with Gasteiger partial charge in [0.25, 0.3) is 11.8 Å². The standard InChI is InChI=1S/C18H21N7O2S/c1-10-14-17(28-24-10)19-9-12(18(27)25(14)2)20-16(26)15-21-13(22-23-15)8-11-6-4-3-5-7-11/h4,6-7,12,19H,3,5,8-9H2,1-2H3,(H,20,26)(H,21,22,23)/t12-/m0/s1. The number of hydrogen-bond donors (Lipinski definition) is 3. The van der Waals surface area contributed by atoms with E-state index in [-0.39, 0.29) is 18.3 Å². The number of H-pyrrole nitrogens is 1. The second kappa shape index (κ2) is 7.55. The molecule has 0 saturated carbocycles. The Morgan fingerprint density at radius 1 is 1.43 bits per heavy atom. The molecular formula is C18H21N7O2S. The van der Waals surface area contributed by atoms with Crippen molar-refractivity contribution in [2.75, 3.05) is 23.8 Å². The van der Waals surface area contributed by atoms with Crippen molar-refractivity contribution in [3.8, 4) is 0 Å². The number of rotatable bonds is 4. The third-order valence-corrected chi connectivity index (χ3v) is 5.63. The van der Waals surface area contributed by atoms with Gasteiger partial charge in [-0.2, -0.15) is 4.37 Å². The summed E-state index contributed by atoms with van der Waals surface area (Å²) in [6.45, 7) is 2.13. The van der Waals surface area contributed by atoms with E-state index < -0.39 is 11.9 Å². The van der Waals surface area contributed by atoms with E-state index >= 15 is 0 Å². The van der Waals surface area contributed by atoms with Crippen LogP contribution in [0, 0.1) is 6.92 Å². The van der Waals surface area contributed by atoms with Gasteiger partial charge in [-0.3, -0.25) is 14.7 Å². The van der Waals surface area contributed by atoms with Crippen LogP contribution in [0.3, 0.4) is 0 Å². The van der Waals surface area contributed by atoms with Crippen LogP contribution in [0.4, 0.5) is 10.7 Å². The van der Waals surface area contributed by atoms with Crippen molar-refractivity contribution in [1.82, 2.24) is 24.9 Å². The highest BCUT2D eigenvalue weighted by Gasteiger charge is 2.32. The fourth-order valence-corrected chi connectivity index (χ4v) is 4.14. The molecule has 2 aromatic rings. The number of amides is 2. The number of nitrogens with one attached hydrogen (secondary N) is 3. The average Bonchev–Trinajstić information content (AvgIpc) is 3.28. The zero-order valence-electron chi connectivity index (χ0n) is 15.7. The number of aromatic amines is 1. The topological polar surface area (TPSA) is 116 Å². The van der Waals surface area contributed by atoms with Crippen LogP contribution in [-0.4, -0.2) is 51.0 Å². The molecular weight excluding hydrogens is 378 g/mol. The predicted octanol–water partition coefficient (Wildman–Crippen LogP) is 1.58. The molecule has 2 aliphatic rings. The minimum Gasteiger partial charge on any atom is -0.371 e. The molecule has 2 aromatic heterocycles. The Hall–Kier alpha value is -3.01. The summed E-state index contributed by atoms with van der Waals surface area (Å²) in [5.41, 5.74) is 2.68. The molecule has 3 N–H and O–H groups in total. The molecule has 1 aliphatic heterocycles. The molecule has 2 amide bonds. The number of nitrogens with zero attached hydrogens (tertiary/aromatic N) is 4. The third-order valence-electron chi connectivity index (χ3n) is 4.75. The zero-order valence-corrected chi connectivity index (χ0v) is 16.5. The molecule has 1 aliphatic carbocycles. The quantitative estimate of drug-likeness (QED) is 0.719. The van der Waals surface area contributed by atoms with Crippen LogP contribution in [0.5, 0.6) is 0 Å². The van der Waals surface area contributed by atoms with Crippen LogP contribution >= 0.6 is 11.5 Å². The number of carbonyl (C=O) groups excluding carboxylic acids is 2. The van der Waals surface area contributed by atoms with E-state index in [9.17, 15) is 9.59 Å². The molecule has 0 bridgehead atoms. The molecule has 3 heterocycles. The molecule has 0 fully saturated rings. The molecule has 0 saturated heterocycles. The number of aryl methyl sites for hydroxylation is 1. The number of anilines is 2. The molecule has 0 spiro atoms. The first-order chi connectivity index (χ1) is 13.5. The first kappa shape index (κ1) is 18.4. The summed E-state index contributed by atoms with van der Waals surface area (Å²) in [4.78, 5) is 31.2. The molecule has 146 valence electrons. The molecule has 1 atom stereocenters. The Labute approximate surface area is 166 Å². The van der Waals surface area contributed by atoms with E-state index in [0.29, 0.717) is 12.2 Å². The van der Waals surface area contributed by atoms with E-state index in [4.69, 9.17) is 0 Å². The summed E-state index contributed by atoms with van der Waals surface area (Å²) in [5, 5.41) is 13.6. The maximum absolute atomic E-state index is 12.8. The summed E-state index contributed by atoms with van der Waals surface area (Å²) in [6.07, 6.45) is 8.99. The average molecular weight is 399 g/mol. The van der Waals surface area contributed by atoms with Crippen LogP contribution in [-0.2, 0) is 11.2 Å². The van der Waals surface area contributed by atoms with Crippen molar-refractivity contribution in [3.63, 3.8) is 0 Å². The number of aromatic nitrogens is 4. The molecule has 0 unspecified atom stereocenters. The van der Waals surface area contributed by atoms with E-state index in [1.54, 1.807) is 7.05 Å². The van der Waals surface area contributed by atoms with Crippen LogP contribution in [0.15, 0.2) is 23.8 Å². The van der Waals surface area contributed by atoms with Gasteiger partial charge >= 0.3 is 0 Å². The molecule has 10 heteroatoms. The Kier molecular flexibility index (Phi) is 4.95. The van der Waals surface area contributed by atoms with E-state index in [1.807, 2.05) is 6.92 Å². The molecule has 9 nitrogen and oxygen atoms in total. The summed E-state index contributed by atoms with van der Waals surface area (Å²) < 4.78 is 4.27. The molecule has 0 aromatic carbocycles. The highest BCUT2D eigenvalue weighted by atomic mass is 32.1. The number of allylic oxidation sites excluding steroid dienone is 4. The smallest absolute Gasteiger partial charge is 0.291 e. The molecule has 28 heavy (non-hydrogen) atoms. The Morgan fingerprint density at radius 3 is 3.07 bits per heavy atom. The van der Waals surface area contributed by atoms with E-state index in [1.165, 1.54) is 16.4 Å². The van der Waals surface area contributed by atoms with Crippen molar-refractivity contribution >= 4 is 34.0 Å². The van der Waals surface area contributed by atoms with Crippen molar-refractivity contribution in [1.29, 1.82) is 0 Å².